The summed E-state index contributed by atoms with van der Waals surface area (Å²) in [6.07, 6.45) is 0. The van der Waals surface area contributed by atoms with Crippen LogP contribution in [0, 0.1) is 10.5 Å². The van der Waals surface area contributed by atoms with E-state index in [2.05, 4.69) is 45.7 Å². The highest BCUT2D eigenvalue weighted by Gasteiger charge is 2.22. The van der Waals surface area contributed by atoms with Gasteiger partial charge in [-0.2, -0.15) is 4.98 Å². The molecule has 2 rings (SSSR count). The second-order valence-electron chi connectivity index (χ2n) is 4.58. The number of nitrogens with zero attached hydrogens (tertiary/aromatic N) is 2. The molecule has 1 aromatic carbocycles. The first-order valence-corrected chi connectivity index (χ1v) is 6.36. The smallest absolute Gasteiger partial charge is 0.259 e. The van der Waals surface area contributed by atoms with Crippen molar-refractivity contribution in [1.29, 1.82) is 0 Å². The number of nitrogens with two attached hydrogens (primary N) is 1. The SMILES string of the molecule is Cc1cccc(-c2nc(C(C)(C)N)no2)c1I. The molecule has 0 aliphatic carbocycles. The summed E-state index contributed by atoms with van der Waals surface area (Å²) in [5.74, 6) is 1.04. The minimum atomic E-state index is -0.586. The molecule has 0 fully saturated rings. The Balaban J connectivity index is 2.48. The maximum absolute atomic E-state index is 5.93. The Morgan fingerprint density at radius 2 is 2.06 bits per heavy atom. The average Bonchev–Trinajstić information content (AvgIpc) is 2.70. The van der Waals surface area contributed by atoms with Crippen molar-refractivity contribution >= 4 is 22.6 Å². The molecule has 0 aliphatic rings. The van der Waals surface area contributed by atoms with Gasteiger partial charge in [-0.15, -0.1) is 0 Å². The average molecular weight is 343 g/mol. The second kappa shape index (κ2) is 4.38. The standard InChI is InChI=1S/C12H14IN3O/c1-7-5-4-6-8(9(7)13)10-15-11(16-17-10)12(2,3)14/h4-6H,14H2,1-3H3. The van der Waals surface area contributed by atoms with Gasteiger partial charge in [0, 0.05) is 3.57 Å². The molecule has 0 atom stereocenters. The fourth-order valence-electron chi connectivity index (χ4n) is 1.41. The lowest BCUT2D eigenvalue weighted by Crippen LogP contribution is -2.30. The number of hydrogen-bond donors (Lipinski definition) is 1. The van der Waals surface area contributed by atoms with E-state index in [1.807, 2.05) is 26.0 Å². The van der Waals surface area contributed by atoms with E-state index in [4.69, 9.17) is 10.3 Å². The Kier molecular flexibility index (Phi) is 3.22. The van der Waals surface area contributed by atoms with E-state index in [1.165, 1.54) is 5.56 Å². The molecule has 0 radical (unpaired) electrons. The molecule has 1 heterocycles. The number of rotatable bonds is 2. The van der Waals surface area contributed by atoms with Crippen LogP contribution in [0.25, 0.3) is 11.5 Å². The lowest BCUT2D eigenvalue weighted by molar-refractivity contribution is 0.397. The van der Waals surface area contributed by atoms with Crippen molar-refractivity contribution in [2.45, 2.75) is 26.3 Å². The lowest BCUT2D eigenvalue weighted by atomic mass is 10.1. The minimum Gasteiger partial charge on any atom is -0.334 e. The zero-order chi connectivity index (χ0) is 12.6. The third kappa shape index (κ3) is 2.50. The first-order valence-electron chi connectivity index (χ1n) is 5.28. The predicted molar refractivity (Wildman–Crippen MR) is 74.4 cm³/mol. The molecule has 0 amide bonds. The van der Waals surface area contributed by atoms with Crippen LogP contribution in [-0.2, 0) is 5.54 Å². The molecule has 0 saturated carbocycles. The van der Waals surface area contributed by atoms with Gasteiger partial charge in [-0.05, 0) is 55.0 Å². The van der Waals surface area contributed by atoms with E-state index >= 15 is 0 Å². The van der Waals surface area contributed by atoms with Crippen molar-refractivity contribution in [3.05, 3.63) is 33.2 Å². The summed E-state index contributed by atoms with van der Waals surface area (Å²) in [6.45, 7) is 5.75. The highest BCUT2D eigenvalue weighted by atomic mass is 127. The van der Waals surface area contributed by atoms with Crippen LogP contribution in [0.4, 0.5) is 0 Å². The van der Waals surface area contributed by atoms with Crippen molar-refractivity contribution in [3.63, 3.8) is 0 Å². The van der Waals surface area contributed by atoms with Crippen molar-refractivity contribution < 1.29 is 4.52 Å². The van der Waals surface area contributed by atoms with E-state index in [-0.39, 0.29) is 0 Å². The van der Waals surface area contributed by atoms with E-state index in [9.17, 15) is 0 Å². The fraction of sp³-hybridized carbons (Fsp3) is 0.333. The summed E-state index contributed by atoms with van der Waals surface area (Å²) in [5.41, 5.74) is 7.49. The van der Waals surface area contributed by atoms with Gasteiger partial charge >= 0.3 is 0 Å². The van der Waals surface area contributed by atoms with Gasteiger partial charge in [-0.25, -0.2) is 0 Å². The Labute approximate surface area is 114 Å². The Morgan fingerprint density at radius 1 is 1.35 bits per heavy atom. The summed E-state index contributed by atoms with van der Waals surface area (Å²) >= 11 is 2.28. The molecule has 4 nitrogen and oxygen atoms in total. The Bertz CT molecular complexity index is 543. The first-order chi connectivity index (χ1) is 7.89. The van der Waals surface area contributed by atoms with Crippen LogP contribution in [0.5, 0.6) is 0 Å². The lowest BCUT2D eigenvalue weighted by Gasteiger charge is -2.11. The quantitative estimate of drug-likeness (QED) is 0.852. The Hall–Kier alpha value is -0.950. The monoisotopic (exact) mass is 343 g/mol. The molecule has 0 aliphatic heterocycles. The molecule has 5 heteroatoms. The normalized spacial score (nSPS) is 11.8. The highest BCUT2D eigenvalue weighted by Crippen LogP contribution is 2.27. The summed E-state index contributed by atoms with van der Waals surface area (Å²) < 4.78 is 6.39. The van der Waals surface area contributed by atoms with Gasteiger partial charge in [-0.3, -0.25) is 0 Å². The van der Waals surface area contributed by atoms with Crippen molar-refractivity contribution in [1.82, 2.24) is 10.1 Å². The first kappa shape index (κ1) is 12.5. The topological polar surface area (TPSA) is 64.9 Å². The Morgan fingerprint density at radius 3 is 2.65 bits per heavy atom. The van der Waals surface area contributed by atoms with Gasteiger partial charge < -0.3 is 10.3 Å². The van der Waals surface area contributed by atoms with Crippen LogP contribution in [0.2, 0.25) is 0 Å². The van der Waals surface area contributed by atoms with Gasteiger partial charge in [0.25, 0.3) is 5.89 Å². The van der Waals surface area contributed by atoms with Crippen LogP contribution in [0.15, 0.2) is 22.7 Å². The number of aryl methyl sites for hydroxylation is 1. The molecule has 0 unspecified atom stereocenters. The van der Waals surface area contributed by atoms with E-state index in [0.717, 1.165) is 9.13 Å². The highest BCUT2D eigenvalue weighted by molar-refractivity contribution is 14.1. The maximum atomic E-state index is 5.93. The minimum absolute atomic E-state index is 0.518. The third-order valence-electron chi connectivity index (χ3n) is 2.42. The van der Waals surface area contributed by atoms with Gasteiger partial charge in [0.2, 0.25) is 0 Å². The molecule has 2 aromatic rings. The molecule has 0 saturated heterocycles. The largest absolute Gasteiger partial charge is 0.334 e. The van der Waals surface area contributed by atoms with Gasteiger partial charge in [-0.1, -0.05) is 17.3 Å². The zero-order valence-corrected chi connectivity index (χ0v) is 12.1. The van der Waals surface area contributed by atoms with Crippen LogP contribution in [0.1, 0.15) is 25.2 Å². The fourth-order valence-corrected chi connectivity index (χ4v) is 2.00. The number of hydrogen-bond acceptors (Lipinski definition) is 4. The van der Waals surface area contributed by atoms with Crippen LogP contribution < -0.4 is 5.73 Å². The van der Waals surface area contributed by atoms with E-state index in [0.29, 0.717) is 11.7 Å². The number of benzene rings is 1. The molecular weight excluding hydrogens is 329 g/mol. The van der Waals surface area contributed by atoms with Crippen molar-refractivity contribution in [3.8, 4) is 11.5 Å². The van der Waals surface area contributed by atoms with Crippen LogP contribution in [-0.4, -0.2) is 10.1 Å². The molecule has 0 spiro atoms. The number of halogens is 1. The summed E-state index contributed by atoms with van der Waals surface area (Å²) in [7, 11) is 0. The van der Waals surface area contributed by atoms with Crippen molar-refractivity contribution in [2.24, 2.45) is 5.73 Å². The van der Waals surface area contributed by atoms with Crippen molar-refractivity contribution in [2.75, 3.05) is 0 Å². The molecule has 1 aromatic heterocycles. The molecule has 0 bridgehead atoms. The predicted octanol–water partition coefficient (Wildman–Crippen LogP) is 2.84. The third-order valence-corrected chi connectivity index (χ3v) is 3.86. The summed E-state index contributed by atoms with van der Waals surface area (Å²) in [5, 5.41) is 3.92. The van der Waals surface area contributed by atoms with Gasteiger partial charge in [0.15, 0.2) is 5.82 Å². The summed E-state index contributed by atoms with van der Waals surface area (Å²) in [6, 6.07) is 6.00. The second-order valence-corrected chi connectivity index (χ2v) is 5.66. The van der Waals surface area contributed by atoms with Crippen LogP contribution >= 0.6 is 22.6 Å². The van der Waals surface area contributed by atoms with E-state index in [1.54, 1.807) is 0 Å². The zero-order valence-electron chi connectivity index (χ0n) is 9.99. The van der Waals surface area contributed by atoms with Gasteiger partial charge in [0.05, 0.1) is 11.1 Å². The molecule has 90 valence electrons. The molecular formula is C12H14IN3O. The maximum Gasteiger partial charge on any atom is 0.259 e. The molecule has 17 heavy (non-hydrogen) atoms. The van der Waals surface area contributed by atoms with E-state index < -0.39 is 5.54 Å². The van der Waals surface area contributed by atoms with Crippen LogP contribution in [0.3, 0.4) is 0 Å². The summed E-state index contributed by atoms with van der Waals surface area (Å²) in [4.78, 5) is 4.35. The van der Waals surface area contributed by atoms with Gasteiger partial charge in [0.1, 0.15) is 0 Å². The molecule has 2 N–H and O–H groups in total. The number of aromatic nitrogens is 2.